The second kappa shape index (κ2) is 7.44. The SMILES string of the molecule is CCN=C(NS(=O)c1cccc(CO)c1)N1CC2(C=N1)CCCC2. The summed E-state index contributed by atoms with van der Waals surface area (Å²) in [5, 5.41) is 15.6. The highest BCUT2D eigenvalue weighted by Gasteiger charge is 2.39. The maximum Gasteiger partial charge on any atom is 0.227 e. The number of aliphatic hydroxyl groups is 1. The summed E-state index contributed by atoms with van der Waals surface area (Å²) < 4.78 is 15.6. The van der Waals surface area contributed by atoms with Crippen LogP contribution in [0.25, 0.3) is 0 Å². The molecule has 3 rings (SSSR count). The van der Waals surface area contributed by atoms with E-state index < -0.39 is 11.0 Å². The summed E-state index contributed by atoms with van der Waals surface area (Å²) in [5.74, 6) is 0.547. The molecule has 7 heteroatoms. The quantitative estimate of drug-likeness (QED) is 0.646. The van der Waals surface area contributed by atoms with E-state index >= 15 is 0 Å². The van der Waals surface area contributed by atoms with Crippen molar-refractivity contribution in [1.29, 1.82) is 0 Å². The maximum absolute atomic E-state index is 12.6. The minimum Gasteiger partial charge on any atom is -0.392 e. The Kier molecular flexibility index (Phi) is 5.30. The molecule has 2 N–H and O–H groups in total. The van der Waals surface area contributed by atoms with E-state index in [9.17, 15) is 9.32 Å². The zero-order valence-corrected chi connectivity index (χ0v) is 14.8. The average molecular weight is 348 g/mol. The van der Waals surface area contributed by atoms with Gasteiger partial charge in [-0.25, -0.2) is 9.22 Å². The lowest BCUT2D eigenvalue weighted by atomic mass is 9.88. The van der Waals surface area contributed by atoms with E-state index in [2.05, 4.69) is 14.8 Å². The van der Waals surface area contributed by atoms with Gasteiger partial charge in [0.2, 0.25) is 5.96 Å². The predicted octanol–water partition coefficient (Wildman–Crippen LogP) is 2.03. The molecule has 6 nitrogen and oxygen atoms in total. The third-order valence-electron chi connectivity index (χ3n) is 4.57. The van der Waals surface area contributed by atoms with Crippen molar-refractivity contribution in [3.8, 4) is 0 Å². The Hall–Kier alpha value is -1.73. The van der Waals surface area contributed by atoms with Crippen molar-refractivity contribution in [2.24, 2.45) is 15.5 Å². The van der Waals surface area contributed by atoms with Crippen LogP contribution in [-0.2, 0) is 17.6 Å². The molecule has 1 aromatic rings. The third-order valence-corrected chi connectivity index (χ3v) is 5.62. The van der Waals surface area contributed by atoms with Gasteiger partial charge in [-0.3, -0.25) is 9.71 Å². The van der Waals surface area contributed by atoms with Crippen LogP contribution in [0.2, 0.25) is 0 Å². The molecule has 0 bridgehead atoms. The van der Waals surface area contributed by atoms with Gasteiger partial charge in [0.1, 0.15) is 0 Å². The standard InChI is InChI=1S/C17H24N4O2S/c1-2-18-16(21-13-17(12-19-21)8-3-4-9-17)20-24(23)15-7-5-6-14(10-15)11-22/h5-7,10,12,22H,2-4,8-9,11,13H2,1H3,(H,18,20). The Morgan fingerprint density at radius 2 is 2.25 bits per heavy atom. The van der Waals surface area contributed by atoms with E-state index in [1.807, 2.05) is 18.1 Å². The van der Waals surface area contributed by atoms with Crippen molar-refractivity contribution in [3.05, 3.63) is 29.8 Å². The van der Waals surface area contributed by atoms with E-state index in [0.717, 1.165) is 24.9 Å². The van der Waals surface area contributed by atoms with Crippen LogP contribution in [0.4, 0.5) is 0 Å². The smallest absolute Gasteiger partial charge is 0.227 e. The summed E-state index contributed by atoms with van der Waals surface area (Å²) >= 11 is 0. The molecule has 1 aromatic carbocycles. The Bertz CT molecular complexity index is 668. The Morgan fingerprint density at radius 3 is 2.96 bits per heavy atom. The predicted molar refractivity (Wildman–Crippen MR) is 96.0 cm³/mol. The number of aliphatic hydroxyl groups excluding tert-OH is 1. The van der Waals surface area contributed by atoms with Crippen molar-refractivity contribution >= 4 is 23.2 Å². The van der Waals surface area contributed by atoms with Crippen LogP contribution < -0.4 is 4.72 Å². The molecule has 0 aromatic heterocycles. The highest BCUT2D eigenvalue weighted by Crippen LogP contribution is 2.39. The lowest BCUT2D eigenvalue weighted by Crippen LogP contribution is -2.41. The first-order chi connectivity index (χ1) is 11.7. The molecule has 1 aliphatic heterocycles. The molecule has 1 unspecified atom stereocenters. The number of rotatable bonds is 4. The van der Waals surface area contributed by atoms with Crippen molar-refractivity contribution in [2.45, 2.75) is 44.1 Å². The van der Waals surface area contributed by atoms with E-state index in [4.69, 9.17) is 0 Å². The minimum atomic E-state index is -1.44. The molecule has 0 saturated heterocycles. The molecule has 1 aliphatic carbocycles. The van der Waals surface area contributed by atoms with Gasteiger partial charge in [-0.1, -0.05) is 25.0 Å². The Labute approximate surface area is 145 Å². The van der Waals surface area contributed by atoms with E-state index in [0.29, 0.717) is 17.4 Å². The van der Waals surface area contributed by atoms with Gasteiger partial charge in [0, 0.05) is 18.2 Å². The third kappa shape index (κ3) is 3.67. The number of benzene rings is 1. The fourth-order valence-electron chi connectivity index (χ4n) is 3.29. The van der Waals surface area contributed by atoms with Crippen LogP contribution >= 0.6 is 0 Å². The van der Waals surface area contributed by atoms with Gasteiger partial charge in [-0.05, 0) is 37.5 Å². The van der Waals surface area contributed by atoms with E-state index in [1.165, 1.54) is 12.8 Å². The molecule has 24 heavy (non-hydrogen) atoms. The molecular weight excluding hydrogens is 324 g/mol. The molecule has 130 valence electrons. The summed E-state index contributed by atoms with van der Waals surface area (Å²) in [6.45, 7) is 3.27. The summed E-state index contributed by atoms with van der Waals surface area (Å²) in [7, 11) is -1.44. The van der Waals surface area contributed by atoms with Crippen molar-refractivity contribution in [1.82, 2.24) is 9.73 Å². The molecular formula is C17H24N4O2S. The van der Waals surface area contributed by atoms with Gasteiger partial charge < -0.3 is 5.11 Å². The van der Waals surface area contributed by atoms with Gasteiger partial charge in [0.25, 0.3) is 0 Å². The summed E-state index contributed by atoms with van der Waals surface area (Å²) in [4.78, 5) is 5.06. The van der Waals surface area contributed by atoms with Gasteiger partial charge >= 0.3 is 0 Å². The zero-order valence-electron chi connectivity index (χ0n) is 13.9. The first kappa shape index (κ1) is 17.1. The van der Waals surface area contributed by atoms with Crippen molar-refractivity contribution in [2.75, 3.05) is 13.1 Å². The first-order valence-electron chi connectivity index (χ1n) is 8.41. The number of hydrogen-bond acceptors (Lipinski definition) is 4. The first-order valence-corrected chi connectivity index (χ1v) is 9.56. The molecule has 1 fully saturated rings. The summed E-state index contributed by atoms with van der Waals surface area (Å²) in [5.41, 5.74) is 0.898. The van der Waals surface area contributed by atoms with E-state index in [1.54, 1.807) is 24.3 Å². The molecule has 0 amide bonds. The van der Waals surface area contributed by atoms with Gasteiger partial charge in [0.05, 0.1) is 18.0 Å². The van der Waals surface area contributed by atoms with Crippen LogP contribution in [0.5, 0.6) is 0 Å². The summed E-state index contributed by atoms with van der Waals surface area (Å²) in [6, 6.07) is 7.10. The maximum atomic E-state index is 12.6. The van der Waals surface area contributed by atoms with Crippen LogP contribution in [0.15, 0.2) is 39.3 Å². The van der Waals surface area contributed by atoms with Crippen molar-refractivity contribution in [3.63, 3.8) is 0 Å². The highest BCUT2D eigenvalue weighted by molar-refractivity contribution is 7.83. The zero-order chi connectivity index (χ0) is 17.0. The topological polar surface area (TPSA) is 77.3 Å². The van der Waals surface area contributed by atoms with Crippen LogP contribution in [0.3, 0.4) is 0 Å². The fraction of sp³-hybridized carbons (Fsp3) is 0.529. The molecule has 1 saturated carbocycles. The van der Waals surface area contributed by atoms with E-state index in [-0.39, 0.29) is 12.0 Å². The lowest BCUT2D eigenvalue weighted by Gasteiger charge is -2.23. The number of nitrogens with one attached hydrogen (secondary N) is 1. The highest BCUT2D eigenvalue weighted by atomic mass is 32.2. The minimum absolute atomic E-state index is 0.0696. The molecule has 2 aliphatic rings. The van der Waals surface area contributed by atoms with Crippen LogP contribution in [0, 0.1) is 5.41 Å². The fourth-order valence-corrected chi connectivity index (χ4v) is 4.20. The van der Waals surface area contributed by atoms with Gasteiger partial charge in [-0.15, -0.1) is 0 Å². The number of nitrogens with zero attached hydrogens (tertiary/aromatic N) is 3. The second-order valence-electron chi connectivity index (χ2n) is 6.35. The number of hydrogen-bond donors (Lipinski definition) is 2. The number of hydrazone groups is 1. The Balaban J connectivity index is 1.71. The molecule has 1 heterocycles. The van der Waals surface area contributed by atoms with Gasteiger partial charge in [0.15, 0.2) is 11.0 Å². The Morgan fingerprint density at radius 1 is 1.46 bits per heavy atom. The lowest BCUT2D eigenvalue weighted by molar-refractivity contribution is 0.281. The average Bonchev–Trinajstić information content (AvgIpc) is 3.24. The summed E-state index contributed by atoms with van der Waals surface area (Å²) in [6.07, 6.45) is 6.85. The normalized spacial score (nSPS) is 20.8. The molecule has 1 spiro atoms. The molecule has 0 radical (unpaired) electrons. The van der Waals surface area contributed by atoms with Crippen molar-refractivity contribution < 1.29 is 9.32 Å². The monoisotopic (exact) mass is 348 g/mol. The van der Waals surface area contributed by atoms with Gasteiger partial charge in [-0.2, -0.15) is 5.10 Å². The second-order valence-corrected chi connectivity index (χ2v) is 7.56. The molecule has 1 atom stereocenters. The number of guanidine groups is 1. The number of aliphatic imine (C=N–C) groups is 1. The largest absolute Gasteiger partial charge is 0.392 e. The van der Waals surface area contributed by atoms with Crippen LogP contribution in [-0.4, -0.2) is 39.6 Å². The van der Waals surface area contributed by atoms with Crippen LogP contribution in [0.1, 0.15) is 38.2 Å².